The summed E-state index contributed by atoms with van der Waals surface area (Å²) in [6.07, 6.45) is 2.14. The van der Waals surface area contributed by atoms with Crippen LogP contribution < -0.4 is 4.74 Å². The maximum absolute atomic E-state index is 11.3. The number of hydrogen-bond donors (Lipinski definition) is 0. The summed E-state index contributed by atoms with van der Waals surface area (Å²) in [5.41, 5.74) is 1.64. The Morgan fingerprint density at radius 3 is 2.65 bits per heavy atom. The van der Waals surface area contributed by atoms with Gasteiger partial charge in [0.25, 0.3) is 0 Å². The molecule has 0 N–H and O–H groups in total. The maximum atomic E-state index is 11.3. The average molecular weight is 255 g/mol. The molecule has 0 bridgehead atoms. The number of methoxy groups -OCH3 is 2. The largest absolute Gasteiger partial charge is 0.495 e. The Hall–Kier alpha value is -1.48. The molecule has 0 aliphatic heterocycles. The highest BCUT2D eigenvalue weighted by Gasteiger charge is 2.11. The van der Waals surface area contributed by atoms with Gasteiger partial charge in [-0.25, -0.2) is 4.79 Å². The fourth-order valence-electron chi connectivity index (χ4n) is 1.54. The van der Waals surface area contributed by atoms with E-state index >= 15 is 0 Å². The molecule has 0 saturated heterocycles. The summed E-state index contributed by atoms with van der Waals surface area (Å²) >= 11 is 6.03. The maximum Gasteiger partial charge on any atom is 0.330 e. The third kappa shape index (κ3) is 3.24. The summed E-state index contributed by atoms with van der Waals surface area (Å²) in [4.78, 5) is 11.3. The highest BCUT2D eigenvalue weighted by Crippen LogP contribution is 2.34. The zero-order valence-corrected chi connectivity index (χ0v) is 10.9. The Balaban J connectivity index is 3.25. The van der Waals surface area contributed by atoms with E-state index in [0.717, 1.165) is 11.1 Å². The van der Waals surface area contributed by atoms with Crippen LogP contribution in [0.3, 0.4) is 0 Å². The monoisotopic (exact) mass is 254 g/mol. The van der Waals surface area contributed by atoms with Gasteiger partial charge in [0.1, 0.15) is 5.75 Å². The van der Waals surface area contributed by atoms with Gasteiger partial charge in [-0.05, 0) is 18.1 Å². The van der Waals surface area contributed by atoms with Gasteiger partial charge in [0.05, 0.1) is 19.2 Å². The van der Waals surface area contributed by atoms with Crippen LogP contribution in [0.1, 0.15) is 18.9 Å². The van der Waals surface area contributed by atoms with Gasteiger partial charge >= 0.3 is 5.97 Å². The van der Waals surface area contributed by atoms with Crippen LogP contribution in [-0.2, 0) is 9.53 Å². The molecule has 0 amide bonds. The SMILES string of the molecule is CCC(=CC(=O)OC)c1cccc(Cl)c1OC. The summed E-state index contributed by atoms with van der Waals surface area (Å²) in [7, 11) is 2.90. The van der Waals surface area contributed by atoms with Gasteiger partial charge in [0, 0.05) is 11.6 Å². The van der Waals surface area contributed by atoms with Crippen LogP contribution in [0.4, 0.5) is 0 Å². The molecule has 0 aliphatic carbocycles. The standard InChI is InChI=1S/C13H15ClO3/c1-4-9(8-12(15)16-2)10-6-5-7-11(14)13(10)17-3/h5-8H,4H2,1-3H3. The van der Waals surface area contributed by atoms with Crippen molar-refractivity contribution in [2.75, 3.05) is 14.2 Å². The first kappa shape index (κ1) is 13.6. The predicted octanol–water partition coefficient (Wildman–Crippen LogP) is 3.32. The van der Waals surface area contributed by atoms with Crippen molar-refractivity contribution >= 4 is 23.1 Å². The van der Waals surface area contributed by atoms with Gasteiger partial charge in [-0.15, -0.1) is 0 Å². The molecule has 4 heteroatoms. The Bertz CT molecular complexity index is 438. The lowest BCUT2D eigenvalue weighted by molar-refractivity contribution is -0.134. The molecule has 1 rings (SSSR count). The quantitative estimate of drug-likeness (QED) is 0.611. The number of ether oxygens (including phenoxy) is 2. The smallest absolute Gasteiger partial charge is 0.330 e. The van der Waals surface area contributed by atoms with Crippen molar-refractivity contribution in [3.63, 3.8) is 0 Å². The molecule has 92 valence electrons. The molecule has 0 heterocycles. The van der Waals surface area contributed by atoms with Crippen molar-refractivity contribution in [2.24, 2.45) is 0 Å². The molecule has 0 spiro atoms. The number of carbonyl (C=O) groups is 1. The molecular formula is C13H15ClO3. The predicted molar refractivity (Wildman–Crippen MR) is 68.3 cm³/mol. The Morgan fingerprint density at radius 1 is 1.41 bits per heavy atom. The zero-order valence-electron chi connectivity index (χ0n) is 10.1. The van der Waals surface area contributed by atoms with Crippen molar-refractivity contribution in [1.29, 1.82) is 0 Å². The second-order valence-electron chi connectivity index (χ2n) is 3.37. The number of para-hydroxylation sites is 1. The van der Waals surface area contributed by atoms with E-state index in [1.54, 1.807) is 13.2 Å². The Labute approximate surface area is 106 Å². The summed E-state index contributed by atoms with van der Waals surface area (Å²) in [6.45, 7) is 1.95. The van der Waals surface area contributed by atoms with Gasteiger partial charge in [0.2, 0.25) is 0 Å². The van der Waals surface area contributed by atoms with Crippen LogP contribution in [0.5, 0.6) is 5.75 Å². The lowest BCUT2D eigenvalue weighted by atomic mass is 10.0. The Kier molecular flexibility index (Phi) is 5.04. The number of allylic oxidation sites excluding steroid dienone is 1. The topological polar surface area (TPSA) is 35.5 Å². The van der Waals surface area contributed by atoms with E-state index in [2.05, 4.69) is 4.74 Å². The molecular weight excluding hydrogens is 240 g/mol. The minimum Gasteiger partial charge on any atom is -0.495 e. The summed E-state index contributed by atoms with van der Waals surface area (Å²) in [6, 6.07) is 5.43. The molecule has 3 nitrogen and oxygen atoms in total. The number of benzene rings is 1. The number of hydrogen-bond acceptors (Lipinski definition) is 3. The van der Waals surface area contributed by atoms with Gasteiger partial charge in [-0.1, -0.05) is 30.7 Å². The first-order valence-electron chi connectivity index (χ1n) is 5.25. The third-order valence-electron chi connectivity index (χ3n) is 2.39. The van der Waals surface area contributed by atoms with Gasteiger partial charge in [0.15, 0.2) is 0 Å². The average Bonchev–Trinajstić information content (AvgIpc) is 2.35. The fourth-order valence-corrected chi connectivity index (χ4v) is 1.79. The fraction of sp³-hybridized carbons (Fsp3) is 0.308. The summed E-state index contributed by atoms with van der Waals surface area (Å²) < 4.78 is 9.87. The molecule has 0 radical (unpaired) electrons. The minimum atomic E-state index is -0.385. The third-order valence-corrected chi connectivity index (χ3v) is 2.69. The zero-order chi connectivity index (χ0) is 12.8. The highest BCUT2D eigenvalue weighted by atomic mass is 35.5. The number of esters is 1. The summed E-state index contributed by atoms with van der Waals surface area (Å²) in [5, 5.41) is 0.522. The second kappa shape index (κ2) is 6.30. The van der Waals surface area contributed by atoms with E-state index in [9.17, 15) is 4.79 Å². The lowest BCUT2D eigenvalue weighted by Crippen LogP contribution is -1.98. The molecule has 17 heavy (non-hydrogen) atoms. The Morgan fingerprint density at radius 2 is 2.12 bits per heavy atom. The normalized spacial score (nSPS) is 11.2. The van der Waals surface area contributed by atoms with Crippen LogP contribution in [0.25, 0.3) is 5.57 Å². The molecule has 1 aromatic carbocycles. The van der Waals surface area contributed by atoms with Gasteiger partial charge in [-0.2, -0.15) is 0 Å². The second-order valence-corrected chi connectivity index (χ2v) is 3.77. The molecule has 1 aromatic rings. The van der Waals surface area contributed by atoms with Crippen LogP contribution in [0.15, 0.2) is 24.3 Å². The molecule has 0 atom stereocenters. The van der Waals surface area contributed by atoms with Crippen LogP contribution >= 0.6 is 11.6 Å². The van der Waals surface area contributed by atoms with Gasteiger partial charge < -0.3 is 9.47 Å². The lowest BCUT2D eigenvalue weighted by Gasteiger charge is -2.11. The first-order chi connectivity index (χ1) is 8.13. The summed E-state index contributed by atoms with van der Waals surface area (Å²) in [5.74, 6) is 0.190. The van der Waals surface area contributed by atoms with Crippen molar-refractivity contribution in [3.05, 3.63) is 34.9 Å². The van der Waals surface area contributed by atoms with E-state index in [1.165, 1.54) is 13.2 Å². The highest BCUT2D eigenvalue weighted by molar-refractivity contribution is 6.32. The van der Waals surface area contributed by atoms with Crippen molar-refractivity contribution < 1.29 is 14.3 Å². The molecule has 0 aliphatic rings. The van der Waals surface area contributed by atoms with E-state index in [-0.39, 0.29) is 5.97 Å². The van der Waals surface area contributed by atoms with E-state index in [4.69, 9.17) is 16.3 Å². The number of rotatable bonds is 4. The van der Waals surface area contributed by atoms with E-state index in [1.807, 2.05) is 19.1 Å². The van der Waals surface area contributed by atoms with Crippen LogP contribution in [0, 0.1) is 0 Å². The van der Waals surface area contributed by atoms with E-state index < -0.39 is 0 Å². The van der Waals surface area contributed by atoms with Crippen LogP contribution in [0.2, 0.25) is 5.02 Å². The molecule has 0 saturated carbocycles. The molecule has 0 unspecified atom stereocenters. The first-order valence-corrected chi connectivity index (χ1v) is 5.63. The minimum absolute atomic E-state index is 0.385. The van der Waals surface area contributed by atoms with E-state index in [0.29, 0.717) is 17.2 Å². The number of halogens is 1. The van der Waals surface area contributed by atoms with Crippen molar-refractivity contribution in [3.8, 4) is 5.75 Å². The number of carbonyl (C=O) groups excluding carboxylic acids is 1. The molecule has 0 aromatic heterocycles. The molecule has 0 fully saturated rings. The van der Waals surface area contributed by atoms with Crippen molar-refractivity contribution in [2.45, 2.75) is 13.3 Å². The van der Waals surface area contributed by atoms with Crippen LogP contribution in [-0.4, -0.2) is 20.2 Å². The van der Waals surface area contributed by atoms with Crippen molar-refractivity contribution in [1.82, 2.24) is 0 Å². The van der Waals surface area contributed by atoms with Gasteiger partial charge in [-0.3, -0.25) is 0 Å².